The van der Waals surface area contributed by atoms with Crippen LogP contribution in [0.1, 0.15) is 17.3 Å². The van der Waals surface area contributed by atoms with E-state index in [1.165, 1.54) is 7.11 Å². The fourth-order valence-corrected chi connectivity index (χ4v) is 2.99. The van der Waals surface area contributed by atoms with Crippen LogP contribution in [0.5, 0.6) is 11.5 Å². The smallest absolute Gasteiger partial charge is 0.401 e. The minimum absolute atomic E-state index is 0.268. The zero-order valence-corrected chi connectivity index (χ0v) is 16.8. The van der Waals surface area contributed by atoms with Crippen LogP contribution in [0.25, 0.3) is 11.5 Å². The molecule has 3 aromatic rings. The van der Waals surface area contributed by atoms with E-state index in [0.717, 1.165) is 0 Å². The van der Waals surface area contributed by atoms with Gasteiger partial charge in [-0.3, -0.25) is 4.98 Å². The third kappa shape index (κ3) is 4.23. The van der Waals surface area contributed by atoms with Crippen molar-refractivity contribution in [2.45, 2.75) is 13.5 Å². The van der Waals surface area contributed by atoms with Crippen LogP contribution in [0.3, 0.4) is 0 Å². The lowest BCUT2D eigenvalue weighted by atomic mass is 9.44. The number of hydrogen-bond donors (Lipinski definition) is 0. The number of pyridine rings is 1. The van der Waals surface area contributed by atoms with Crippen LogP contribution >= 0.6 is 0 Å². The molecule has 8 nitrogen and oxygen atoms in total. The monoisotopic (exact) mass is 401 g/mol. The first-order chi connectivity index (χ1) is 14.6. The minimum atomic E-state index is -1.12. The molecule has 0 aliphatic carbocycles. The molecule has 0 bridgehead atoms. The number of benzene rings is 1. The van der Waals surface area contributed by atoms with Crippen LogP contribution in [0.4, 0.5) is 0 Å². The molecule has 0 aliphatic heterocycles. The second kappa shape index (κ2) is 9.52. The van der Waals surface area contributed by atoms with Crippen LogP contribution in [-0.2, 0) is 6.54 Å². The number of carbonyl (C=O) groups excluding carboxylic acids is 1. The largest absolute Gasteiger partial charge is 0.497 e. The lowest BCUT2D eigenvalue weighted by molar-refractivity contribution is 0.107. The number of aromatic nitrogens is 4. The standard InChI is InChI=1S/C21H20BN5O3/c1-4-11-27-14-24-26-21(27)17-7-6-8-19(25-17)22(13-23)20(28)16-12-15(29-3)9-10-18(16)30-5-2/h4,6-10,12,14H,1,5,11H2,2-3H3. The third-order valence-electron chi connectivity index (χ3n) is 4.38. The van der Waals surface area contributed by atoms with Crippen molar-refractivity contribution in [2.75, 3.05) is 13.7 Å². The van der Waals surface area contributed by atoms with Gasteiger partial charge in [-0.25, -0.2) is 5.26 Å². The molecule has 1 aromatic carbocycles. The van der Waals surface area contributed by atoms with Crippen molar-refractivity contribution in [1.82, 2.24) is 19.7 Å². The lowest BCUT2D eigenvalue weighted by Gasteiger charge is -2.13. The number of rotatable bonds is 9. The van der Waals surface area contributed by atoms with Crippen LogP contribution in [0.2, 0.25) is 0 Å². The van der Waals surface area contributed by atoms with Gasteiger partial charge < -0.3 is 18.8 Å². The summed E-state index contributed by atoms with van der Waals surface area (Å²) in [6, 6.07) is 10.1. The normalized spacial score (nSPS) is 10.2. The Kier molecular flexibility index (Phi) is 6.60. The highest BCUT2D eigenvalue weighted by atomic mass is 16.5. The maximum atomic E-state index is 13.3. The molecule has 0 amide bonds. The van der Waals surface area contributed by atoms with Gasteiger partial charge in [0, 0.05) is 18.1 Å². The summed E-state index contributed by atoms with van der Waals surface area (Å²) in [6.07, 6.45) is 3.29. The average Bonchev–Trinajstić information content (AvgIpc) is 3.23. The first-order valence-corrected chi connectivity index (χ1v) is 9.33. The van der Waals surface area contributed by atoms with Crippen molar-refractivity contribution in [3.63, 3.8) is 0 Å². The van der Waals surface area contributed by atoms with E-state index >= 15 is 0 Å². The average molecular weight is 401 g/mol. The molecule has 0 atom stereocenters. The van der Waals surface area contributed by atoms with Crippen LogP contribution in [0.15, 0.2) is 55.4 Å². The van der Waals surface area contributed by atoms with Gasteiger partial charge in [-0.1, -0.05) is 12.1 Å². The van der Waals surface area contributed by atoms with Crippen molar-refractivity contribution in [3.05, 3.63) is 60.9 Å². The second-order valence-corrected chi connectivity index (χ2v) is 6.26. The summed E-state index contributed by atoms with van der Waals surface area (Å²) in [5.41, 5.74) is 0.677. The molecule has 0 unspecified atom stereocenters. The number of ether oxygens (including phenoxy) is 2. The van der Waals surface area contributed by atoms with Crippen molar-refractivity contribution >= 4 is 18.0 Å². The first kappa shape index (κ1) is 20.8. The Hall–Kier alpha value is -3.93. The number of carbonyl (C=O) groups is 1. The van der Waals surface area contributed by atoms with Crippen molar-refractivity contribution in [3.8, 4) is 29.0 Å². The van der Waals surface area contributed by atoms with Gasteiger partial charge in [-0.15, -0.1) is 16.8 Å². The fourth-order valence-electron chi connectivity index (χ4n) is 2.99. The van der Waals surface area contributed by atoms with Crippen molar-refractivity contribution in [1.29, 1.82) is 5.26 Å². The number of methoxy groups -OCH3 is 1. The summed E-state index contributed by atoms with van der Waals surface area (Å²) >= 11 is 0. The molecular formula is C21H20BN5O3. The lowest BCUT2D eigenvalue weighted by Crippen LogP contribution is -2.40. The zero-order valence-electron chi connectivity index (χ0n) is 16.8. The van der Waals surface area contributed by atoms with Crippen molar-refractivity contribution < 1.29 is 14.3 Å². The third-order valence-corrected chi connectivity index (χ3v) is 4.38. The van der Waals surface area contributed by atoms with E-state index in [-0.39, 0.29) is 5.56 Å². The van der Waals surface area contributed by atoms with Crippen LogP contribution in [-0.4, -0.2) is 45.9 Å². The molecule has 0 saturated heterocycles. The molecule has 0 spiro atoms. The highest BCUT2D eigenvalue weighted by molar-refractivity contribution is 7.06. The minimum Gasteiger partial charge on any atom is -0.497 e. The summed E-state index contributed by atoms with van der Waals surface area (Å²) in [5.74, 6) is 3.49. The SMILES string of the molecule is C=CCn1cnnc1-c1cccc(B(C#N)C(=O)c2cc(OC)ccc2OCC)n1. The Morgan fingerprint density at radius 1 is 1.37 bits per heavy atom. The highest BCUT2D eigenvalue weighted by Gasteiger charge is 2.32. The number of nitriles is 1. The Bertz CT molecular complexity index is 1110. The van der Waals surface area contributed by atoms with Gasteiger partial charge in [0.2, 0.25) is 0 Å². The summed E-state index contributed by atoms with van der Waals surface area (Å²) in [4.78, 5) is 17.8. The van der Waals surface area contributed by atoms with Gasteiger partial charge in [-0.05, 0) is 37.3 Å². The molecule has 0 aliphatic rings. The summed E-state index contributed by atoms with van der Waals surface area (Å²) in [6.45, 7) is 5.32. The van der Waals surface area contributed by atoms with E-state index in [4.69, 9.17) is 9.47 Å². The fraction of sp³-hybridized carbons (Fsp3) is 0.190. The molecule has 0 radical (unpaired) electrons. The summed E-state index contributed by atoms with van der Waals surface area (Å²) < 4.78 is 12.6. The van der Waals surface area contributed by atoms with Crippen molar-refractivity contribution in [2.24, 2.45) is 0 Å². The van der Waals surface area contributed by atoms with Gasteiger partial charge in [-0.2, -0.15) is 0 Å². The molecule has 3 rings (SSSR count). The van der Waals surface area contributed by atoms with E-state index < -0.39 is 12.4 Å². The van der Waals surface area contributed by atoms with Crippen LogP contribution in [0, 0.1) is 11.2 Å². The maximum absolute atomic E-state index is 13.3. The molecule has 2 aromatic heterocycles. The van der Waals surface area contributed by atoms with E-state index in [2.05, 4.69) is 27.7 Å². The number of hydrogen-bond acceptors (Lipinski definition) is 7. The van der Waals surface area contributed by atoms with Gasteiger partial charge >= 0.3 is 6.71 Å². The maximum Gasteiger partial charge on any atom is 0.401 e. The molecule has 0 N–H and O–H groups in total. The van der Waals surface area contributed by atoms with Gasteiger partial charge in [0.25, 0.3) is 0 Å². The quantitative estimate of drug-likeness (QED) is 0.400. The molecule has 30 heavy (non-hydrogen) atoms. The molecule has 150 valence electrons. The van der Waals surface area contributed by atoms with E-state index in [1.807, 2.05) is 6.92 Å². The highest BCUT2D eigenvalue weighted by Crippen LogP contribution is 2.25. The van der Waals surface area contributed by atoms with Crippen LogP contribution < -0.4 is 15.1 Å². The molecular weight excluding hydrogens is 381 g/mol. The Balaban J connectivity index is 2.01. The first-order valence-electron chi connectivity index (χ1n) is 9.33. The van der Waals surface area contributed by atoms with E-state index in [9.17, 15) is 10.1 Å². The molecule has 0 fully saturated rings. The number of allylic oxidation sites excluding steroid dienone is 1. The zero-order chi connectivity index (χ0) is 21.5. The van der Waals surface area contributed by atoms with E-state index in [1.54, 1.807) is 53.4 Å². The predicted octanol–water partition coefficient (Wildman–Crippen LogP) is 2.12. The topological polar surface area (TPSA) is 103 Å². The molecule has 0 saturated carbocycles. The second-order valence-electron chi connectivity index (χ2n) is 6.26. The van der Waals surface area contributed by atoms with Gasteiger partial charge in [0.1, 0.15) is 23.5 Å². The summed E-state index contributed by atoms with van der Waals surface area (Å²) in [5, 5.41) is 17.8. The Morgan fingerprint density at radius 2 is 2.20 bits per heavy atom. The van der Waals surface area contributed by atoms with Gasteiger partial charge in [0.15, 0.2) is 11.5 Å². The Labute approximate surface area is 174 Å². The number of nitrogens with zero attached hydrogens (tertiary/aromatic N) is 5. The molecule has 9 heteroatoms. The summed E-state index contributed by atoms with van der Waals surface area (Å²) in [7, 11) is 1.51. The molecule has 2 heterocycles. The predicted molar refractivity (Wildman–Crippen MR) is 113 cm³/mol. The van der Waals surface area contributed by atoms with E-state index in [0.29, 0.717) is 41.8 Å². The van der Waals surface area contributed by atoms with Gasteiger partial charge in [0.05, 0.1) is 19.3 Å². The Morgan fingerprint density at radius 3 is 2.90 bits per heavy atom.